The fourth-order valence-electron chi connectivity index (χ4n) is 1.70. The first-order chi connectivity index (χ1) is 8.13. The van der Waals surface area contributed by atoms with Crippen LogP contribution in [-0.4, -0.2) is 22.4 Å². The van der Waals surface area contributed by atoms with E-state index in [-0.39, 0.29) is 5.78 Å². The lowest BCUT2D eigenvalue weighted by molar-refractivity contribution is 0.102. The lowest BCUT2D eigenvalue weighted by Gasteiger charge is -2.08. The van der Waals surface area contributed by atoms with Gasteiger partial charge in [-0.05, 0) is 19.1 Å². The Morgan fingerprint density at radius 2 is 2.18 bits per heavy atom. The minimum Gasteiger partial charge on any atom is -0.496 e. The molecule has 4 nitrogen and oxygen atoms in total. The molecule has 0 saturated carbocycles. The van der Waals surface area contributed by atoms with Crippen LogP contribution in [-0.2, 0) is 7.05 Å². The van der Waals surface area contributed by atoms with Crippen molar-refractivity contribution in [2.45, 2.75) is 6.92 Å². The molecule has 0 aliphatic carbocycles. The van der Waals surface area contributed by atoms with Crippen molar-refractivity contribution < 1.29 is 9.53 Å². The third-order valence-electron chi connectivity index (χ3n) is 2.62. The number of aryl methyl sites for hydroxylation is 2. The minimum atomic E-state index is -0.127. The van der Waals surface area contributed by atoms with E-state index in [1.54, 1.807) is 37.2 Å². The Labute approximate surface area is 99.9 Å². The SMILES string of the molecule is COc1ccc(C)cc1C(=O)c1nccn1C. The van der Waals surface area contributed by atoms with E-state index in [2.05, 4.69) is 4.98 Å². The zero-order chi connectivity index (χ0) is 12.4. The maximum atomic E-state index is 12.3. The van der Waals surface area contributed by atoms with Gasteiger partial charge in [0, 0.05) is 19.4 Å². The van der Waals surface area contributed by atoms with Gasteiger partial charge in [0.15, 0.2) is 5.82 Å². The molecule has 2 rings (SSSR count). The number of rotatable bonds is 3. The van der Waals surface area contributed by atoms with Crippen LogP contribution in [0.25, 0.3) is 0 Å². The number of aromatic nitrogens is 2. The summed E-state index contributed by atoms with van der Waals surface area (Å²) in [5.74, 6) is 0.857. The summed E-state index contributed by atoms with van der Waals surface area (Å²) >= 11 is 0. The van der Waals surface area contributed by atoms with Gasteiger partial charge in [-0.25, -0.2) is 4.98 Å². The van der Waals surface area contributed by atoms with Crippen molar-refractivity contribution in [2.24, 2.45) is 7.05 Å². The molecule has 1 aromatic heterocycles. The van der Waals surface area contributed by atoms with Crippen LogP contribution < -0.4 is 4.74 Å². The van der Waals surface area contributed by atoms with E-state index in [9.17, 15) is 4.79 Å². The molecule has 0 amide bonds. The number of nitrogens with zero attached hydrogens (tertiary/aromatic N) is 2. The van der Waals surface area contributed by atoms with Crippen molar-refractivity contribution >= 4 is 5.78 Å². The van der Waals surface area contributed by atoms with Gasteiger partial charge in [0.25, 0.3) is 0 Å². The number of benzene rings is 1. The van der Waals surface area contributed by atoms with Gasteiger partial charge in [0.05, 0.1) is 12.7 Å². The molecule has 0 aliphatic heterocycles. The summed E-state index contributed by atoms with van der Waals surface area (Å²) in [4.78, 5) is 16.4. The molecule has 17 heavy (non-hydrogen) atoms. The van der Waals surface area contributed by atoms with Gasteiger partial charge < -0.3 is 9.30 Å². The maximum Gasteiger partial charge on any atom is 0.232 e. The highest BCUT2D eigenvalue weighted by molar-refractivity contribution is 6.08. The summed E-state index contributed by atoms with van der Waals surface area (Å²) in [6.07, 6.45) is 3.35. The van der Waals surface area contributed by atoms with Crippen LogP contribution in [0.3, 0.4) is 0 Å². The van der Waals surface area contributed by atoms with Gasteiger partial charge in [-0.3, -0.25) is 4.79 Å². The first-order valence-electron chi connectivity index (χ1n) is 5.30. The maximum absolute atomic E-state index is 12.3. The lowest BCUT2D eigenvalue weighted by Crippen LogP contribution is -2.10. The van der Waals surface area contributed by atoms with Crippen molar-refractivity contribution in [2.75, 3.05) is 7.11 Å². The second kappa shape index (κ2) is 4.41. The fourth-order valence-corrected chi connectivity index (χ4v) is 1.70. The molecule has 0 N–H and O–H groups in total. The third-order valence-corrected chi connectivity index (χ3v) is 2.62. The Morgan fingerprint density at radius 1 is 1.41 bits per heavy atom. The molecule has 0 atom stereocenters. The van der Waals surface area contributed by atoms with E-state index < -0.39 is 0 Å². The lowest BCUT2D eigenvalue weighted by atomic mass is 10.1. The van der Waals surface area contributed by atoms with Gasteiger partial charge in [0.1, 0.15) is 5.75 Å². The van der Waals surface area contributed by atoms with Crippen molar-refractivity contribution in [1.29, 1.82) is 0 Å². The van der Waals surface area contributed by atoms with Gasteiger partial charge in [-0.15, -0.1) is 0 Å². The van der Waals surface area contributed by atoms with Crippen LogP contribution >= 0.6 is 0 Å². The molecule has 0 spiro atoms. The second-order valence-corrected chi connectivity index (χ2v) is 3.89. The summed E-state index contributed by atoms with van der Waals surface area (Å²) in [5.41, 5.74) is 1.56. The van der Waals surface area contributed by atoms with Crippen LogP contribution in [0.15, 0.2) is 30.6 Å². The summed E-state index contributed by atoms with van der Waals surface area (Å²) in [6.45, 7) is 1.94. The van der Waals surface area contributed by atoms with E-state index in [1.165, 1.54) is 0 Å². The summed E-state index contributed by atoms with van der Waals surface area (Å²) < 4.78 is 6.90. The molecule has 4 heteroatoms. The number of carbonyl (C=O) groups excluding carboxylic acids is 1. The number of ether oxygens (including phenoxy) is 1. The number of methoxy groups -OCH3 is 1. The molecule has 1 aromatic carbocycles. The first-order valence-corrected chi connectivity index (χ1v) is 5.30. The summed E-state index contributed by atoms with van der Waals surface area (Å²) in [6, 6.07) is 5.52. The number of ketones is 1. The Morgan fingerprint density at radius 3 is 2.76 bits per heavy atom. The molecule has 88 valence electrons. The average molecular weight is 230 g/mol. The van der Waals surface area contributed by atoms with E-state index in [0.717, 1.165) is 5.56 Å². The summed E-state index contributed by atoms with van der Waals surface area (Å²) in [5, 5.41) is 0. The highest BCUT2D eigenvalue weighted by Gasteiger charge is 2.18. The number of hydrogen-bond acceptors (Lipinski definition) is 3. The zero-order valence-electron chi connectivity index (χ0n) is 10.1. The van der Waals surface area contributed by atoms with Gasteiger partial charge in [-0.1, -0.05) is 11.6 Å². The van der Waals surface area contributed by atoms with Crippen molar-refractivity contribution in [3.05, 3.63) is 47.5 Å². The average Bonchev–Trinajstić information content (AvgIpc) is 2.74. The zero-order valence-corrected chi connectivity index (χ0v) is 10.1. The van der Waals surface area contributed by atoms with E-state index >= 15 is 0 Å². The van der Waals surface area contributed by atoms with Crippen LogP contribution in [0.4, 0.5) is 0 Å². The Bertz CT molecular complexity index is 558. The third kappa shape index (κ3) is 2.06. The normalized spacial score (nSPS) is 10.3. The standard InChI is InChI=1S/C13H14N2O2/c1-9-4-5-11(17-3)10(8-9)12(16)13-14-6-7-15(13)2/h4-8H,1-3H3. The number of imidazole rings is 1. The minimum absolute atomic E-state index is 0.127. The van der Waals surface area contributed by atoms with Crippen LogP contribution in [0.1, 0.15) is 21.7 Å². The second-order valence-electron chi connectivity index (χ2n) is 3.89. The van der Waals surface area contributed by atoms with Crippen molar-refractivity contribution in [3.63, 3.8) is 0 Å². The fraction of sp³-hybridized carbons (Fsp3) is 0.231. The van der Waals surface area contributed by atoms with E-state index in [4.69, 9.17) is 4.74 Å². The monoisotopic (exact) mass is 230 g/mol. The molecular weight excluding hydrogens is 216 g/mol. The molecule has 2 aromatic rings. The smallest absolute Gasteiger partial charge is 0.232 e. The molecule has 0 bridgehead atoms. The first kappa shape index (κ1) is 11.4. The summed E-state index contributed by atoms with van der Waals surface area (Å²) in [7, 11) is 3.35. The molecule has 0 unspecified atom stereocenters. The van der Waals surface area contributed by atoms with Crippen LogP contribution in [0.5, 0.6) is 5.75 Å². The van der Waals surface area contributed by atoms with Crippen molar-refractivity contribution in [1.82, 2.24) is 9.55 Å². The highest BCUT2D eigenvalue weighted by atomic mass is 16.5. The van der Waals surface area contributed by atoms with Gasteiger partial charge in [0.2, 0.25) is 5.78 Å². The predicted octanol–water partition coefficient (Wildman–Crippen LogP) is 1.97. The Balaban J connectivity index is 2.50. The molecule has 0 radical (unpaired) electrons. The Hall–Kier alpha value is -2.10. The molecule has 0 saturated heterocycles. The van der Waals surface area contributed by atoms with Crippen molar-refractivity contribution in [3.8, 4) is 5.75 Å². The largest absolute Gasteiger partial charge is 0.496 e. The van der Waals surface area contributed by atoms with E-state index in [0.29, 0.717) is 17.1 Å². The Kier molecular flexibility index (Phi) is 2.95. The van der Waals surface area contributed by atoms with Crippen LogP contribution in [0.2, 0.25) is 0 Å². The number of carbonyl (C=O) groups is 1. The number of hydrogen-bond donors (Lipinski definition) is 0. The highest BCUT2D eigenvalue weighted by Crippen LogP contribution is 2.22. The van der Waals surface area contributed by atoms with Gasteiger partial charge in [-0.2, -0.15) is 0 Å². The van der Waals surface area contributed by atoms with E-state index in [1.807, 2.05) is 19.1 Å². The molecule has 1 heterocycles. The molecule has 0 aliphatic rings. The van der Waals surface area contributed by atoms with Gasteiger partial charge >= 0.3 is 0 Å². The molecule has 0 fully saturated rings. The molecular formula is C13H14N2O2. The van der Waals surface area contributed by atoms with Crippen LogP contribution in [0, 0.1) is 6.92 Å². The predicted molar refractivity (Wildman–Crippen MR) is 64.4 cm³/mol. The topological polar surface area (TPSA) is 44.1 Å². The quantitative estimate of drug-likeness (QED) is 0.757.